The van der Waals surface area contributed by atoms with E-state index in [2.05, 4.69) is 36.5 Å². The largest absolute Gasteiger partial charge is 0.484 e. The van der Waals surface area contributed by atoms with Crippen LogP contribution in [0.3, 0.4) is 0 Å². The number of nitrogens with one attached hydrogen (secondary N) is 1. The van der Waals surface area contributed by atoms with Crippen molar-refractivity contribution in [1.29, 1.82) is 0 Å². The van der Waals surface area contributed by atoms with Gasteiger partial charge < -0.3 is 15.8 Å². The Morgan fingerprint density at radius 2 is 1.75 bits per heavy atom. The second-order valence-corrected chi connectivity index (χ2v) is 6.29. The molecule has 0 heterocycles. The van der Waals surface area contributed by atoms with Gasteiger partial charge in [0.2, 0.25) is 5.91 Å². The fourth-order valence-corrected chi connectivity index (χ4v) is 2.72. The van der Waals surface area contributed by atoms with Gasteiger partial charge in [-0.2, -0.15) is 0 Å². The number of ether oxygens (including phenoxy) is 1. The Morgan fingerprint density at radius 3 is 2.38 bits per heavy atom. The van der Waals surface area contributed by atoms with E-state index in [9.17, 15) is 9.59 Å². The molecule has 0 aromatic heterocycles. The molecule has 0 aliphatic heterocycles. The highest BCUT2D eigenvalue weighted by Gasteiger charge is 2.04. The molecule has 0 saturated carbocycles. The van der Waals surface area contributed by atoms with Gasteiger partial charge in [-0.25, -0.2) is 0 Å². The van der Waals surface area contributed by atoms with Gasteiger partial charge in [-0.1, -0.05) is 29.8 Å². The van der Waals surface area contributed by atoms with Crippen LogP contribution in [0.15, 0.2) is 48.5 Å². The summed E-state index contributed by atoms with van der Waals surface area (Å²) >= 11 is 1.57. The molecule has 3 N–H and O–H groups in total. The Hall–Kier alpha value is -2.47. The first-order chi connectivity index (χ1) is 11.5. The number of benzene rings is 2. The Kier molecular flexibility index (Phi) is 6.69. The summed E-state index contributed by atoms with van der Waals surface area (Å²) in [4.78, 5) is 22.6. The quantitative estimate of drug-likeness (QED) is 0.771. The van der Waals surface area contributed by atoms with Gasteiger partial charge in [0.1, 0.15) is 5.75 Å². The highest BCUT2D eigenvalue weighted by Crippen LogP contribution is 2.17. The molecule has 24 heavy (non-hydrogen) atoms. The number of nitrogens with two attached hydrogens (primary N) is 1. The molecule has 5 nitrogen and oxygen atoms in total. The Bertz CT molecular complexity index is 684. The van der Waals surface area contributed by atoms with Crippen LogP contribution in [0.2, 0.25) is 0 Å². The molecule has 0 atom stereocenters. The van der Waals surface area contributed by atoms with E-state index in [1.807, 2.05) is 0 Å². The summed E-state index contributed by atoms with van der Waals surface area (Å²) in [6, 6.07) is 15.1. The number of amides is 2. The lowest BCUT2D eigenvalue weighted by Gasteiger charge is -2.07. The summed E-state index contributed by atoms with van der Waals surface area (Å²) < 4.78 is 5.16. The van der Waals surface area contributed by atoms with Gasteiger partial charge in [0, 0.05) is 11.4 Å². The second-order valence-electron chi connectivity index (χ2n) is 5.31. The molecule has 0 aliphatic rings. The zero-order chi connectivity index (χ0) is 17.4. The SMILES string of the molecule is Cc1ccc(CSCC(=O)Nc2ccc(OCC(N)=O)cc2)cc1. The Balaban J connectivity index is 1.73. The zero-order valence-electron chi connectivity index (χ0n) is 13.5. The van der Waals surface area contributed by atoms with Crippen LogP contribution < -0.4 is 15.8 Å². The van der Waals surface area contributed by atoms with Crippen molar-refractivity contribution >= 4 is 29.3 Å². The van der Waals surface area contributed by atoms with Gasteiger partial charge in [-0.15, -0.1) is 11.8 Å². The standard InChI is InChI=1S/C18H20N2O3S/c1-13-2-4-14(5-3-13)11-24-12-18(22)20-15-6-8-16(9-7-15)23-10-17(19)21/h2-9H,10-12H2,1H3,(H2,19,21)(H,20,22). The van der Waals surface area contributed by atoms with E-state index < -0.39 is 5.91 Å². The Morgan fingerprint density at radius 1 is 1.08 bits per heavy atom. The number of thioether (sulfide) groups is 1. The van der Waals surface area contributed by atoms with E-state index in [4.69, 9.17) is 10.5 Å². The van der Waals surface area contributed by atoms with Gasteiger partial charge >= 0.3 is 0 Å². The van der Waals surface area contributed by atoms with E-state index in [0.717, 1.165) is 5.75 Å². The molecule has 2 rings (SSSR count). The van der Waals surface area contributed by atoms with Crippen LogP contribution >= 0.6 is 11.8 Å². The molecule has 0 unspecified atom stereocenters. The topological polar surface area (TPSA) is 81.4 Å². The predicted octanol–water partition coefficient (Wildman–Crippen LogP) is 2.73. The van der Waals surface area contributed by atoms with Crippen molar-refractivity contribution in [3.05, 3.63) is 59.7 Å². The Labute approximate surface area is 145 Å². The monoisotopic (exact) mass is 344 g/mol. The van der Waals surface area contributed by atoms with Crippen molar-refractivity contribution in [3.63, 3.8) is 0 Å². The first kappa shape index (κ1) is 17.9. The molecule has 6 heteroatoms. The summed E-state index contributed by atoms with van der Waals surface area (Å²) in [6.45, 7) is 1.88. The number of carbonyl (C=O) groups is 2. The average molecular weight is 344 g/mol. The fourth-order valence-electron chi connectivity index (χ4n) is 1.93. The number of hydrogen-bond donors (Lipinski definition) is 2. The molecule has 0 spiro atoms. The van der Waals surface area contributed by atoms with E-state index in [1.54, 1.807) is 36.0 Å². The number of primary amides is 1. The maximum absolute atomic E-state index is 11.9. The van der Waals surface area contributed by atoms with E-state index in [0.29, 0.717) is 17.2 Å². The van der Waals surface area contributed by atoms with Gasteiger partial charge in [0.25, 0.3) is 5.91 Å². The number of carbonyl (C=O) groups excluding carboxylic acids is 2. The van der Waals surface area contributed by atoms with Crippen molar-refractivity contribution in [1.82, 2.24) is 0 Å². The maximum Gasteiger partial charge on any atom is 0.255 e. The van der Waals surface area contributed by atoms with Crippen LogP contribution in [0.4, 0.5) is 5.69 Å². The highest BCUT2D eigenvalue weighted by atomic mass is 32.2. The van der Waals surface area contributed by atoms with E-state index >= 15 is 0 Å². The molecular weight excluding hydrogens is 324 g/mol. The van der Waals surface area contributed by atoms with Crippen LogP contribution in [0.25, 0.3) is 0 Å². The minimum absolute atomic E-state index is 0.0575. The minimum Gasteiger partial charge on any atom is -0.484 e. The molecule has 0 bridgehead atoms. The van der Waals surface area contributed by atoms with Crippen molar-refractivity contribution in [3.8, 4) is 5.75 Å². The first-order valence-corrected chi connectivity index (χ1v) is 8.63. The molecule has 2 aromatic carbocycles. The third-order valence-corrected chi connectivity index (χ3v) is 4.15. The van der Waals surface area contributed by atoms with E-state index in [-0.39, 0.29) is 12.5 Å². The maximum atomic E-state index is 11.9. The van der Waals surface area contributed by atoms with E-state index in [1.165, 1.54) is 11.1 Å². The van der Waals surface area contributed by atoms with Crippen LogP contribution in [0.1, 0.15) is 11.1 Å². The minimum atomic E-state index is -0.530. The summed E-state index contributed by atoms with van der Waals surface area (Å²) in [6.07, 6.45) is 0. The normalized spacial score (nSPS) is 10.2. The van der Waals surface area contributed by atoms with Crippen molar-refractivity contribution in [2.45, 2.75) is 12.7 Å². The van der Waals surface area contributed by atoms with Crippen LogP contribution in [-0.4, -0.2) is 24.2 Å². The van der Waals surface area contributed by atoms with Gasteiger partial charge in [0.15, 0.2) is 6.61 Å². The number of hydrogen-bond acceptors (Lipinski definition) is 4. The lowest BCUT2D eigenvalue weighted by Crippen LogP contribution is -2.20. The van der Waals surface area contributed by atoms with Crippen molar-refractivity contribution in [2.75, 3.05) is 17.7 Å². The summed E-state index contributed by atoms with van der Waals surface area (Å²) in [5.41, 5.74) is 8.12. The molecule has 0 radical (unpaired) electrons. The lowest BCUT2D eigenvalue weighted by molar-refractivity contribution is -0.120. The van der Waals surface area contributed by atoms with Crippen LogP contribution in [0, 0.1) is 6.92 Å². The first-order valence-electron chi connectivity index (χ1n) is 7.47. The summed E-state index contributed by atoms with van der Waals surface area (Å²) in [5.74, 6) is 1.12. The van der Waals surface area contributed by atoms with Gasteiger partial charge in [-0.3, -0.25) is 9.59 Å². The molecule has 0 aliphatic carbocycles. The summed E-state index contributed by atoms with van der Waals surface area (Å²) in [5, 5.41) is 2.82. The zero-order valence-corrected chi connectivity index (χ0v) is 14.3. The molecule has 2 aromatic rings. The van der Waals surface area contributed by atoms with Crippen molar-refractivity contribution in [2.24, 2.45) is 5.73 Å². The number of aryl methyl sites for hydroxylation is 1. The molecular formula is C18H20N2O3S. The molecule has 2 amide bonds. The van der Waals surface area contributed by atoms with Crippen LogP contribution in [-0.2, 0) is 15.3 Å². The average Bonchev–Trinajstić information content (AvgIpc) is 2.56. The van der Waals surface area contributed by atoms with Crippen LogP contribution in [0.5, 0.6) is 5.75 Å². The third kappa shape index (κ3) is 6.34. The number of anilines is 1. The fraction of sp³-hybridized carbons (Fsp3) is 0.222. The summed E-state index contributed by atoms with van der Waals surface area (Å²) in [7, 11) is 0. The van der Waals surface area contributed by atoms with Gasteiger partial charge in [-0.05, 0) is 36.8 Å². The molecule has 126 valence electrons. The highest BCUT2D eigenvalue weighted by molar-refractivity contribution is 7.99. The third-order valence-electron chi connectivity index (χ3n) is 3.14. The molecule has 0 fully saturated rings. The smallest absolute Gasteiger partial charge is 0.255 e. The lowest BCUT2D eigenvalue weighted by atomic mass is 10.2. The number of rotatable bonds is 8. The second kappa shape index (κ2) is 8.98. The van der Waals surface area contributed by atoms with Gasteiger partial charge in [0.05, 0.1) is 5.75 Å². The molecule has 0 saturated heterocycles. The predicted molar refractivity (Wildman–Crippen MR) is 97.1 cm³/mol. The van der Waals surface area contributed by atoms with Crippen molar-refractivity contribution < 1.29 is 14.3 Å².